The molecule has 1 aromatic heterocycles. The van der Waals surface area contributed by atoms with E-state index in [-0.39, 0.29) is 34.3 Å². The molecule has 7 nitrogen and oxygen atoms in total. The molecule has 3 rings (SSSR count). The summed E-state index contributed by atoms with van der Waals surface area (Å²) < 4.78 is 0. The number of nitrogens with one attached hydrogen (secondary N) is 3. The summed E-state index contributed by atoms with van der Waals surface area (Å²) in [6, 6.07) is 16.4. The second-order valence-corrected chi connectivity index (χ2v) is 7.24. The van der Waals surface area contributed by atoms with Crippen molar-refractivity contribution in [2.45, 2.75) is 6.92 Å². The van der Waals surface area contributed by atoms with Gasteiger partial charge < -0.3 is 20.2 Å². The zero-order valence-corrected chi connectivity index (χ0v) is 17.2. The standard InChI is InChI=1S/C23H24N4O3/c1-15(17-9-11-18(12-10-17)24-20(28)14-27(2)3)21-23(30)25-19(22(29)26-21)13-16-7-5-4-6-8-16/h4-13H,14H2,1-3H3,(H,24,28)(H,25,30)(H,26,29). The van der Waals surface area contributed by atoms with Crippen molar-refractivity contribution in [2.24, 2.45) is 0 Å². The Kier molecular flexibility index (Phi) is 6.44. The first-order valence-corrected chi connectivity index (χ1v) is 9.49. The minimum atomic E-state index is -0.377. The van der Waals surface area contributed by atoms with Crippen LogP contribution >= 0.6 is 0 Å². The van der Waals surface area contributed by atoms with Crippen molar-refractivity contribution in [3.05, 3.63) is 97.1 Å². The van der Waals surface area contributed by atoms with E-state index in [2.05, 4.69) is 15.3 Å². The molecule has 0 saturated carbocycles. The Morgan fingerprint density at radius 1 is 0.967 bits per heavy atom. The molecule has 3 aromatic rings. The quantitative estimate of drug-likeness (QED) is 0.580. The van der Waals surface area contributed by atoms with Gasteiger partial charge in [0.05, 0.1) is 6.54 Å². The molecule has 0 saturated heterocycles. The van der Waals surface area contributed by atoms with Crippen molar-refractivity contribution in [3.63, 3.8) is 0 Å². The number of aromatic nitrogens is 2. The van der Waals surface area contributed by atoms with Crippen molar-refractivity contribution in [1.82, 2.24) is 14.9 Å². The summed E-state index contributed by atoms with van der Waals surface area (Å²) in [5.41, 5.74) is 2.12. The molecule has 0 aliphatic rings. The molecular weight excluding hydrogens is 380 g/mol. The summed E-state index contributed by atoms with van der Waals surface area (Å²) in [5, 5.41) is 3.21. The van der Waals surface area contributed by atoms with Crippen LogP contribution in [-0.4, -0.2) is 41.4 Å². The average Bonchev–Trinajstić information content (AvgIpc) is 2.70. The number of H-pyrrole nitrogens is 2. The first kappa shape index (κ1) is 21.0. The number of amides is 1. The van der Waals surface area contributed by atoms with Crippen molar-refractivity contribution in [3.8, 4) is 0 Å². The van der Waals surface area contributed by atoms with Crippen molar-refractivity contribution in [2.75, 3.05) is 26.0 Å². The van der Waals surface area contributed by atoms with Crippen LogP contribution in [0.15, 0.2) is 64.2 Å². The predicted octanol–water partition coefficient (Wildman–Crippen LogP) is 0.611. The van der Waals surface area contributed by atoms with Crippen molar-refractivity contribution in [1.29, 1.82) is 0 Å². The number of carbonyl (C=O) groups is 1. The summed E-state index contributed by atoms with van der Waals surface area (Å²) >= 11 is 0. The van der Waals surface area contributed by atoms with Gasteiger partial charge in [0.1, 0.15) is 10.7 Å². The number of hydrogen-bond donors (Lipinski definition) is 3. The van der Waals surface area contributed by atoms with Crippen molar-refractivity contribution >= 4 is 23.2 Å². The Bertz CT molecular complexity index is 1270. The molecule has 7 heteroatoms. The maximum absolute atomic E-state index is 12.6. The van der Waals surface area contributed by atoms with Gasteiger partial charge in [-0.3, -0.25) is 14.4 Å². The molecule has 1 amide bonds. The zero-order valence-electron chi connectivity index (χ0n) is 17.2. The second kappa shape index (κ2) is 9.19. The van der Waals surface area contributed by atoms with Gasteiger partial charge in [0, 0.05) is 5.69 Å². The van der Waals surface area contributed by atoms with Crippen LogP contribution in [-0.2, 0) is 4.79 Å². The SMILES string of the molecule is CC(c1ccc(NC(=O)CN(C)C)cc1)=c1[nH]c(=O)c(=Cc2ccccc2)[nH]c1=O. The van der Waals surface area contributed by atoms with Crippen LogP contribution in [0.3, 0.4) is 0 Å². The smallest absolute Gasteiger partial charge is 0.272 e. The first-order valence-electron chi connectivity index (χ1n) is 9.49. The number of rotatable bonds is 5. The monoisotopic (exact) mass is 404 g/mol. The number of anilines is 1. The number of aromatic amines is 2. The minimum absolute atomic E-state index is 0.112. The molecule has 0 radical (unpaired) electrons. The van der Waals surface area contributed by atoms with E-state index in [0.29, 0.717) is 11.3 Å². The van der Waals surface area contributed by atoms with E-state index >= 15 is 0 Å². The van der Waals surface area contributed by atoms with E-state index in [9.17, 15) is 14.4 Å². The van der Waals surface area contributed by atoms with E-state index in [1.807, 2.05) is 44.4 Å². The highest BCUT2D eigenvalue weighted by Crippen LogP contribution is 2.14. The van der Waals surface area contributed by atoms with E-state index in [4.69, 9.17) is 0 Å². The zero-order chi connectivity index (χ0) is 21.7. The third kappa shape index (κ3) is 5.21. The molecule has 0 aliphatic heterocycles. The third-order valence-electron chi connectivity index (χ3n) is 4.51. The lowest BCUT2D eigenvalue weighted by Crippen LogP contribution is -2.47. The molecule has 0 bridgehead atoms. The maximum Gasteiger partial charge on any atom is 0.272 e. The van der Waals surface area contributed by atoms with E-state index < -0.39 is 0 Å². The van der Waals surface area contributed by atoms with Crippen LogP contribution in [0.1, 0.15) is 18.1 Å². The maximum atomic E-state index is 12.6. The molecule has 0 aliphatic carbocycles. The van der Waals surface area contributed by atoms with Gasteiger partial charge in [-0.25, -0.2) is 0 Å². The summed E-state index contributed by atoms with van der Waals surface area (Å²) in [4.78, 5) is 44.1. The molecule has 1 heterocycles. The van der Waals surface area contributed by atoms with Gasteiger partial charge in [0.15, 0.2) is 0 Å². The predicted molar refractivity (Wildman–Crippen MR) is 119 cm³/mol. The molecule has 30 heavy (non-hydrogen) atoms. The van der Waals surface area contributed by atoms with Gasteiger partial charge in [-0.05, 0) is 55.9 Å². The Balaban J connectivity index is 1.94. The lowest BCUT2D eigenvalue weighted by molar-refractivity contribution is -0.116. The van der Waals surface area contributed by atoms with Gasteiger partial charge >= 0.3 is 0 Å². The highest BCUT2D eigenvalue weighted by molar-refractivity contribution is 5.92. The van der Waals surface area contributed by atoms with E-state index in [1.165, 1.54) is 0 Å². The minimum Gasteiger partial charge on any atom is -0.325 e. The van der Waals surface area contributed by atoms with Crippen LogP contribution < -0.4 is 27.1 Å². The van der Waals surface area contributed by atoms with Crippen LogP contribution in [0.4, 0.5) is 5.69 Å². The molecule has 2 aromatic carbocycles. The molecule has 154 valence electrons. The normalized spacial score (nSPS) is 12.7. The molecule has 0 unspecified atom stereocenters. The van der Waals surface area contributed by atoms with Gasteiger partial charge in [-0.15, -0.1) is 0 Å². The molecule has 0 fully saturated rings. The molecule has 0 atom stereocenters. The van der Waals surface area contributed by atoms with Crippen LogP contribution in [0, 0.1) is 0 Å². The number of nitrogens with zero attached hydrogens (tertiary/aromatic N) is 1. The average molecular weight is 404 g/mol. The van der Waals surface area contributed by atoms with Gasteiger partial charge in [-0.1, -0.05) is 42.5 Å². The number of hydrogen-bond acceptors (Lipinski definition) is 4. The Morgan fingerprint density at radius 3 is 2.27 bits per heavy atom. The Labute approximate surface area is 173 Å². The largest absolute Gasteiger partial charge is 0.325 e. The van der Waals surface area contributed by atoms with Gasteiger partial charge in [-0.2, -0.15) is 0 Å². The lowest BCUT2D eigenvalue weighted by atomic mass is 10.1. The number of likely N-dealkylation sites (N-methyl/N-ethyl adjacent to an activating group) is 1. The van der Waals surface area contributed by atoms with Crippen LogP contribution in [0.2, 0.25) is 0 Å². The van der Waals surface area contributed by atoms with E-state index in [1.54, 1.807) is 42.2 Å². The summed E-state index contributed by atoms with van der Waals surface area (Å²) in [5.74, 6) is -0.112. The Morgan fingerprint density at radius 2 is 1.63 bits per heavy atom. The summed E-state index contributed by atoms with van der Waals surface area (Å²) in [6.07, 6.45) is 1.63. The molecule has 3 N–H and O–H groups in total. The number of carbonyl (C=O) groups excluding carboxylic acids is 1. The fraction of sp³-hybridized carbons (Fsp3) is 0.174. The van der Waals surface area contributed by atoms with Crippen LogP contribution in [0.25, 0.3) is 11.6 Å². The van der Waals surface area contributed by atoms with Gasteiger partial charge in [0.2, 0.25) is 5.91 Å². The molecular formula is C23H24N4O3. The fourth-order valence-electron chi connectivity index (χ4n) is 3.00. The first-order chi connectivity index (χ1) is 14.3. The summed E-state index contributed by atoms with van der Waals surface area (Å²) in [6.45, 7) is 2.05. The second-order valence-electron chi connectivity index (χ2n) is 7.24. The Hall–Kier alpha value is -3.71. The number of benzene rings is 2. The fourth-order valence-corrected chi connectivity index (χ4v) is 3.00. The third-order valence-corrected chi connectivity index (χ3v) is 4.51. The topological polar surface area (TPSA) is 98.1 Å². The lowest BCUT2D eigenvalue weighted by Gasteiger charge is -2.10. The van der Waals surface area contributed by atoms with E-state index in [0.717, 1.165) is 11.1 Å². The highest BCUT2D eigenvalue weighted by atomic mass is 16.2. The highest BCUT2D eigenvalue weighted by Gasteiger charge is 2.06. The van der Waals surface area contributed by atoms with Crippen LogP contribution in [0.5, 0.6) is 0 Å². The summed E-state index contributed by atoms with van der Waals surface area (Å²) in [7, 11) is 3.64. The molecule has 0 spiro atoms. The van der Waals surface area contributed by atoms with Gasteiger partial charge in [0.25, 0.3) is 11.1 Å². The van der Waals surface area contributed by atoms with Crippen molar-refractivity contribution < 1.29 is 4.79 Å².